The Kier molecular flexibility index (Phi) is 2.33. The SMILES string of the molecule is CCOc1ccc2[nH]c3c(=S)nc[nH]c3c2c1. The van der Waals surface area contributed by atoms with Crippen molar-refractivity contribution in [3.8, 4) is 5.75 Å². The largest absolute Gasteiger partial charge is 0.494 e. The number of nitrogens with one attached hydrogen (secondary N) is 2. The summed E-state index contributed by atoms with van der Waals surface area (Å²) in [5, 5.41) is 1.07. The first kappa shape index (κ1) is 10.3. The Morgan fingerprint density at radius 2 is 2.24 bits per heavy atom. The van der Waals surface area contributed by atoms with Gasteiger partial charge in [-0.2, -0.15) is 0 Å². The average molecular weight is 245 g/mol. The minimum atomic E-state index is 0.577. The van der Waals surface area contributed by atoms with Gasteiger partial charge >= 0.3 is 0 Å². The molecule has 0 aliphatic rings. The van der Waals surface area contributed by atoms with Crippen LogP contribution in [-0.4, -0.2) is 21.6 Å². The number of nitrogens with zero attached hydrogens (tertiary/aromatic N) is 1. The molecular formula is C12H11N3OS. The lowest BCUT2D eigenvalue weighted by Gasteiger charge is -2.01. The Morgan fingerprint density at radius 1 is 1.35 bits per heavy atom. The van der Waals surface area contributed by atoms with E-state index in [1.165, 1.54) is 0 Å². The van der Waals surface area contributed by atoms with E-state index in [0.717, 1.165) is 27.7 Å². The summed E-state index contributed by atoms with van der Waals surface area (Å²) in [4.78, 5) is 10.4. The molecule has 0 aliphatic carbocycles. The maximum Gasteiger partial charge on any atom is 0.153 e. The average Bonchev–Trinajstić information content (AvgIpc) is 2.70. The van der Waals surface area contributed by atoms with E-state index in [0.29, 0.717) is 11.2 Å². The Balaban J connectivity index is 2.38. The molecule has 3 rings (SSSR count). The molecule has 0 saturated carbocycles. The molecule has 0 atom stereocenters. The summed E-state index contributed by atoms with van der Waals surface area (Å²) in [6.45, 7) is 2.63. The van der Waals surface area contributed by atoms with Gasteiger partial charge in [0.25, 0.3) is 0 Å². The first-order chi connectivity index (χ1) is 8.29. The highest BCUT2D eigenvalue weighted by Gasteiger charge is 2.07. The van der Waals surface area contributed by atoms with Crippen LogP contribution in [0.15, 0.2) is 24.5 Å². The van der Waals surface area contributed by atoms with E-state index in [1.807, 2.05) is 25.1 Å². The Bertz CT molecular complexity index is 744. The van der Waals surface area contributed by atoms with Crippen molar-refractivity contribution in [2.45, 2.75) is 6.92 Å². The molecule has 86 valence electrons. The van der Waals surface area contributed by atoms with E-state index in [2.05, 4.69) is 15.0 Å². The second kappa shape index (κ2) is 3.85. The lowest BCUT2D eigenvalue weighted by Crippen LogP contribution is -1.90. The molecule has 0 unspecified atom stereocenters. The zero-order valence-electron chi connectivity index (χ0n) is 9.28. The normalized spacial score (nSPS) is 11.1. The minimum Gasteiger partial charge on any atom is -0.494 e. The third-order valence-electron chi connectivity index (χ3n) is 2.69. The summed E-state index contributed by atoms with van der Waals surface area (Å²) in [5.41, 5.74) is 2.87. The molecule has 0 fully saturated rings. The first-order valence-electron chi connectivity index (χ1n) is 5.41. The fourth-order valence-electron chi connectivity index (χ4n) is 1.96. The van der Waals surface area contributed by atoms with Gasteiger partial charge in [0.05, 0.1) is 18.5 Å². The predicted octanol–water partition coefficient (Wildman–Crippen LogP) is 3.17. The lowest BCUT2D eigenvalue weighted by atomic mass is 10.2. The van der Waals surface area contributed by atoms with Crippen LogP contribution < -0.4 is 4.74 Å². The molecule has 0 spiro atoms. The highest BCUT2D eigenvalue weighted by atomic mass is 32.1. The van der Waals surface area contributed by atoms with Crippen molar-refractivity contribution in [2.24, 2.45) is 0 Å². The van der Waals surface area contributed by atoms with Crippen LogP contribution in [0.2, 0.25) is 0 Å². The number of ether oxygens (including phenoxy) is 1. The molecule has 4 nitrogen and oxygen atoms in total. The summed E-state index contributed by atoms with van der Waals surface area (Å²) in [6, 6.07) is 5.93. The number of rotatable bonds is 2. The molecule has 2 N–H and O–H groups in total. The van der Waals surface area contributed by atoms with Gasteiger partial charge in [-0.15, -0.1) is 0 Å². The predicted molar refractivity (Wildman–Crippen MR) is 70.0 cm³/mol. The smallest absolute Gasteiger partial charge is 0.153 e. The standard InChI is InChI=1S/C12H11N3OS/c1-2-16-7-3-4-9-8(5-7)10-11(15-9)12(17)14-6-13-10/h3-6,15H,2H2,1H3,(H,13,14,17). The number of hydrogen-bond acceptors (Lipinski definition) is 3. The molecule has 0 saturated heterocycles. The molecule has 2 aromatic heterocycles. The van der Waals surface area contributed by atoms with E-state index in [-0.39, 0.29) is 0 Å². The number of aromatic amines is 2. The molecule has 5 heteroatoms. The maximum absolute atomic E-state index is 5.49. The van der Waals surface area contributed by atoms with Crippen LogP contribution in [0.4, 0.5) is 0 Å². The van der Waals surface area contributed by atoms with Crippen LogP contribution >= 0.6 is 12.2 Å². The van der Waals surface area contributed by atoms with Crippen LogP contribution in [0, 0.1) is 4.64 Å². The Labute approximate surface area is 103 Å². The number of benzene rings is 1. The highest BCUT2D eigenvalue weighted by Crippen LogP contribution is 2.27. The van der Waals surface area contributed by atoms with Crippen molar-refractivity contribution in [1.29, 1.82) is 0 Å². The van der Waals surface area contributed by atoms with Gasteiger partial charge in [0.1, 0.15) is 11.3 Å². The zero-order chi connectivity index (χ0) is 11.8. The molecule has 17 heavy (non-hydrogen) atoms. The van der Waals surface area contributed by atoms with E-state index >= 15 is 0 Å². The first-order valence-corrected chi connectivity index (χ1v) is 5.82. The van der Waals surface area contributed by atoms with Crippen molar-refractivity contribution in [2.75, 3.05) is 6.61 Å². The lowest BCUT2D eigenvalue weighted by molar-refractivity contribution is 0.341. The highest BCUT2D eigenvalue weighted by molar-refractivity contribution is 7.71. The van der Waals surface area contributed by atoms with Crippen LogP contribution in [-0.2, 0) is 0 Å². The third kappa shape index (κ3) is 1.59. The number of H-pyrrole nitrogens is 2. The van der Waals surface area contributed by atoms with Crippen molar-refractivity contribution in [3.05, 3.63) is 29.2 Å². The van der Waals surface area contributed by atoms with E-state index < -0.39 is 0 Å². The minimum absolute atomic E-state index is 0.577. The van der Waals surface area contributed by atoms with Crippen LogP contribution in [0.1, 0.15) is 6.92 Å². The van der Waals surface area contributed by atoms with Gasteiger partial charge in [0, 0.05) is 10.9 Å². The third-order valence-corrected chi connectivity index (χ3v) is 3.00. The van der Waals surface area contributed by atoms with Crippen LogP contribution in [0.5, 0.6) is 5.75 Å². The van der Waals surface area contributed by atoms with Gasteiger partial charge in [-0.05, 0) is 25.1 Å². The van der Waals surface area contributed by atoms with Gasteiger partial charge in [0.2, 0.25) is 0 Å². The summed E-state index contributed by atoms with van der Waals surface area (Å²) in [6.07, 6.45) is 1.62. The van der Waals surface area contributed by atoms with Crippen LogP contribution in [0.25, 0.3) is 21.9 Å². The fraction of sp³-hybridized carbons (Fsp3) is 0.167. The Hall–Kier alpha value is -1.88. The van der Waals surface area contributed by atoms with Gasteiger partial charge in [-0.3, -0.25) is 0 Å². The van der Waals surface area contributed by atoms with Crippen LogP contribution in [0.3, 0.4) is 0 Å². The second-order valence-corrected chi connectivity index (χ2v) is 4.11. The molecule has 3 aromatic rings. The van der Waals surface area contributed by atoms with E-state index in [1.54, 1.807) is 6.33 Å². The zero-order valence-corrected chi connectivity index (χ0v) is 10.1. The summed E-state index contributed by atoms with van der Waals surface area (Å²) in [5.74, 6) is 0.858. The van der Waals surface area contributed by atoms with Gasteiger partial charge in [-0.1, -0.05) is 12.2 Å². The van der Waals surface area contributed by atoms with Crippen molar-refractivity contribution in [1.82, 2.24) is 15.0 Å². The topological polar surface area (TPSA) is 53.7 Å². The van der Waals surface area contributed by atoms with Gasteiger partial charge in [0.15, 0.2) is 4.64 Å². The molecule has 0 bridgehead atoms. The molecule has 2 heterocycles. The molecule has 0 amide bonds. The summed E-state index contributed by atoms with van der Waals surface area (Å²) >= 11 is 5.19. The maximum atomic E-state index is 5.49. The monoisotopic (exact) mass is 245 g/mol. The molecule has 1 aromatic carbocycles. The Morgan fingerprint density at radius 3 is 3.06 bits per heavy atom. The van der Waals surface area contributed by atoms with Crippen molar-refractivity contribution < 1.29 is 4.74 Å². The summed E-state index contributed by atoms with van der Waals surface area (Å²) < 4.78 is 6.07. The second-order valence-electron chi connectivity index (χ2n) is 3.72. The summed E-state index contributed by atoms with van der Waals surface area (Å²) in [7, 11) is 0. The number of hydrogen-bond donors (Lipinski definition) is 2. The van der Waals surface area contributed by atoms with E-state index in [9.17, 15) is 0 Å². The molecule has 0 radical (unpaired) electrons. The van der Waals surface area contributed by atoms with Crippen molar-refractivity contribution >= 4 is 34.2 Å². The quantitative estimate of drug-likeness (QED) is 0.682. The number of fused-ring (bicyclic) bond motifs is 3. The number of aromatic nitrogens is 3. The fourth-order valence-corrected chi connectivity index (χ4v) is 2.16. The molecular weight excluding hydrogens is 234 g/mol. The molecule has 0 aliphatic heterocycles. The van der Waals surface area contributed by atoms with Crippen molar-refractivity contribution in [3.63, 3.8) is 0 Å². The van der Waals surface area contributed by atoms with E-state index in [4.69, 9.17) is 17.0 Å². The van der Waals surface area contributed by atoms with Gasteiger partial charge in [-0.25, -0.2) is 4.98 Å². The van der Waals surface area contributed by atoms with Gasteiger partial charge < -0.3 is 14.7 Å².